The van der Waals surface area contributed by atoms with Gasteiger partial charge in [-0.2, -0.15) is 0 Å². The fourth-order valence-corrected chi connectivity index (χ4v) is 1.52. The second-order valence-corrected chi connectivity index (χ2v) is 3.70. The van der Waals surface area contributed by atoms with Crippen molar-refractivity contribution in [2.45, 2.75) is 20.3 Å². The Labute approximate surface area is 97.0 Å². The van der Waals surface area contributed by atoms with Gasteiger partial charge in [-0.1, -0.05) is 13.8 Å². The Balaban J connectivity index is 2.26. The number of hydrogen-bond donors (Lipinski definition) is 2. The first-order chi connectivity index (χ1) is 7.76. The Hall–Kier alpha value is -1.36. The van der Waals surface area contributed by atoms with E-state index in [0.29, 0.717) is 5.82 Å². The molecular formula is C11H21N5. The third-order valence-corrected chi connectivity index (χ3v) is 2.41. The standard InChI is InChI=1S/C11H21N5/c1-3-8-16(4-2)9-7-13-11-6-5-10(12)14-15-11/h5-6H,3-4,7-9H2,1-2H3,(H2,12,14)(H,13,15). The van der Waals surface area contributed by atoms with E-state index >= 15 is 0 Å². The third-order valence-electron chi connectivity index (χ3n) is 2.41. The molecule has 0 fully saturated rings. The highest BCUT2D eigenvalue weighted by Gasteiger charge is 2.00. The summed E-state index contributed by atoms with van der Waals surface area (Å²) in [5.41, 5.74) is 5.46. The summed E-state index contributed by atoms with van der Waals surface area (Å²) in [6.45, 7) is 8.51. The molecule has 0 aliphatic heterocycles. The van der Waals surface area contributed by atoms with Gasteiger partial charge in [0.05, 0.1) is 0 Å². The first-order valence-electron chi connectivity index (χ1n) is 5.81. The molecule has 3 N–H and O–H groups in total. The summed E-state index contributed by atoms with van der Waals surface area (Å²) in [4.78, 5) is 2.40. The first-order valence-corrected chi connectivity index (χ1v) is 5.81. The van der Waals surface area contributed by atoms with Crippen molar-refractivity contribution in [3.05, 3.63) is 12.1 Å². The van der Waals surface area contributed by atoms with Crippen LogP contribution in [-0.4, -0.2) is 41.3 Å². The summed E-state index contributed by atoms with van der Waals surface area (Å²) in [7, 11) is 0. The lowest BCUT2D eigenvalue weighted by atomic mass is 10.4. The largest absolute Gasteiger partial charge is 0.382 e. The molecule has 0 saturated carbocycles. The fourth-order valence-electron chi connectivity index (χ4n) is 1.52. The molecule has 0 aliphatic rings. The van der Waals surface area contributed by atoms with Crippen molar-refractivity contribution in [2.24, 2.45) is 0 Å². The molecule has 0 amide bonds. The maximum atomic E-state index is 5.46. The van der Waals surface area contributed by atoms with Crippen molar-refractivity contribution in [2.75, 3.05) is 37.2 Å². The summed E-state index contributed by atoms with van der Waals surface area (Å²) < 4.78 is 0. The predicted molar refractivity (Wildman–Crippen MR) is 67.3 cm³/mol. The molecule has 0 spiro atoms. The second kappa shape index (κ2) is 7.00. The normalized spacial score (nSPS) is 10.7. The smallest absolute Gasteiger partial charge is 0.148 e. The summed E-state index contributed by atoms with van der Waals surface area (Å²) in [5.74, 6) is 1.23. The molecule has 0 aliphatic carbocycles. The number of nitrogens with zero attached hydrogens (tertiary/aromatic N) is 3. The molecule has 1 aromatic rings. The molecule has 1 aromatic heterocycles. The van der Waals surface area contributed by atoms with Gasteiger partial charge in [-0.05, 0) is 31.6 Å². The number of nitrogens with one attached hydrogen (secondary N) is 1. The molecule has 1 rings (SSSR count). The van der Waals surface area contributed by atoms with E-state index in [9.17, 15) is 0 Å². The monoisotopic (exact) mass is 223 g/mol. The van der Waals surface area contributed by atoms with E-state index in [2.05, 4.69) is 34.3 Å². The average Bonchev–Trinajstić information content (AvgIpc) is 2.30. The highest BCUT2D eigenvalue weighted by atomic mass is 15.2. The zero-order valence-corrected chi connectivity index (χ0v) is 10.1. The van der Waals surface area contributed by atoms with Gasteiger partial charge in [-0.15, -0.1) is 10.2 Å². The minimum Gasteiger partial charge on any atom is -0.382 e. The summed E-state index contributed by atoms with van der Waals surface area (Å²) in [6, 6.07) is 3.59. The molecule has 0 unspecified atom stereocenters. The van der Waals surface area contributed by atoms with Crippen LogP contribution >= 0.6 is 0 Å². The van der Waals surface area contributed by atoms with E-state index in [1.165, 1.54) is 6.42 Å². The number of likely N-dealkylation sites (N-methyl/N-ethyl adjacent to an activating group) is 1. The number of anilines is 2. The Morgan fingerprint density at radius 3 is 2.62 bits per heavy atom. The molecular weight excluding hydrogens is 202 g/mol. The van der Waals surface area contributed by atoms with Crippen LogP contribution in [0.4, 0.5) is 11.6 Å². The van der Waals surface area contributed by atoms with Gasteiger partial charge in [0, 0.05) is 13.1 Å². The van der Waals surface area contributed by atoms with Gasteiger partial charge in [0.25, 0.3) is 0 Å². The van der Waals surface area contributed by atoms with E-state index in [1.54, 1.807) is 6.07 Å². The van der Waals surface area contributed by atoms with Gasteiger partial charge in [-0.25, -0.2) is 0 Å². The lowest BCUT2D eigenvalue weighted by Gasteiger charge is -2.19. The molecule has 0 bridgehead atoms. The van der Waals surface area contributed by atoms with E-state index in [-0.39, 0.29) is 0 Å². The van der Waals surface area contributed by atoms with Crippen molar-refractivity contribution < 1.29 is 0 Å². The second-order valence-electron chi connectivity index (χ2n) is 3.70. The van der Waals surface area contributed by atoms with Crippen molar-refractivity contribution in [3.63, 3.8) is 0 Å². The Morgan fingerprint density at radius 1 is 1.25 bits per heavy atom. The minimum atomic E-state index is 0.451. The van der Waals surface area contributed by atoms with Crippen molar-refractivity contribution in [3.8, 4) is 0 Å². The zero-order chi connectivity index (χ0) is 11.8. The molecule has 90 valence electrons. The fraction of sp³-hybridized carbons (Fsp3) is 0.636. The van der Waals surface area contributed by atoms with Gasteiger partial charge in [-0.3, -0.25) is 0 Å². The topological polar surface area (TPSA) is 67.1 Å². The Kier molecular flexibility index (Phi) is 5.56. The van der Waals surface area contributed by atoms with Crippen molar-refractivity contribution in [1.29, 1.82) is 0 Å². The summed E-state index contributed by atoms with van der Waals surface area (Å²) in [6.07, 6.45) is 1.19. The zero-order valence-electron chi connectivity index (χ0n) is 10.1. The molecule has 0 aromatic carbocycles. The van der Waals surface area contributed by atoms with Crippen LogP contribution in [0.1, 0.15) is 20.3 Å². The van der Waals surface area contributed by atoms with Crippen LogP contribution in [0.2, 0.25) is 0 Å². The van der Waals surface area contributed by atoms with Gasteiger partial charge in [0.2, 0.25) is 0 Å². The van der Waals surface area contributed by atoms with E-state index < -0.39 is 0 Å². The SMILES string of the molecule is CCCN(CC)CCNc1ccc(N)nn1. The molecule has 16 heavy (non-hydrogen) atoms. The van der Waals surface area contributed by atoms with Gasteiger partial charge in [0.15, 0.2) is 0 Å². The highest BCUT2D eigenvalue weighted by molar-refractivity contribution is 5.38. The van der Waals surface area contributed by atoms with Crippen LogP contribution in [0.5, 0.6) is 0 Å². The molecule has 5 heteroatoms. The van der Waals surface area contributed by atoms with E-state index in [4.69, 9.17) is 5.73 Å². The van der Waals surface area contributed by atoms with E-state index in [1.807, 2.05) is 6.07 Å². The predicted octanol–water partition coefficient (Wildman–Crippen LogP) is 1.20. The van der Waals surface area contributed by atoms with Gasteiger partial charge in [0.1, 0.15) is 11.6 Å². The summed E-state index contributed by atoms with van der Waals surface area (Å²) >= 11 is 0. The Bertz CT molecular complexity index is 285. The molecule has 0 radical (unpaired) electrons. The maximum Gasteiger partial charge on any atom is 0.148 e. The third kappa shape index (κ3) is 4.44. The number of hydrogen-bond acceptors (Lipinski definition) is 5. The Morgan fingerprint density at radius 2 is 2.06 bits per heavy atom. The first kappa shape index (κ1) is 12.7. The van der Waals surface area contributed by atoms with Crippen molar-refractivity contribution in [1.82, 2.24) is 15.1 Å². The number of rotatable bonds is 7. The van der Waals surface area contributed by atoms with Gasteiger partial charge < -0.3 is 16.0 Å². The number of nitrogen functional groups attached to an aromatic ring is 1. The quantitative estimate of drug-likeness (QED) is 0.727. The lowest BCUT2D eigenvalue weighted by Crippen LogP contribution is -2.29. The average molecular weight is 223 g/mol. The molecule has 1 heterocycles. The lowest BCUT2D eigenvalue weighted by molar-refractivity contribution is 0.300. The minimum absolute atomic E-state index is 0.451. The number of aromatic nitrogens is 2. The summed E-state index contributed by atoms with van der Waals surface area (Å²) in [5, 5.41) is 11.0. The molecule has 5 nitrogen and oxygen atoms in total. The van der Waals surface area contributed by atoms with Crippen LogP contribution < -0.4 is 11.1 Å². The maximum absolute atomic E-state index is 5.46. The number of nitrogens with two attached hydrogens (primary N) is 1. The van der Waals surface area contributed by atoms with Crippen LogP contribution in [0.25, 0.3) is 0 Å². The van der Waals surface area contributed by atoms with Crippen molar-refractivity contribution >= 4 is 11.6 Å². The molecule has 0 atom stereocenters. The van der Waals surface area contributed by atoms with Crippen LogP contribution in [-0.2, 0) is 0 Å². The van der Waals surface area contributed by atoms with Gasteiger partial charge >= 0.3 is 0 Å². The van der Waals surface area contributed by atoms with E-state index in [0.717, 1.165) is 32.0 Å². The van der Waals surface area contributed by atoms with Crippen LogP contribution in [0, 0.1) is 0 Å². The highest BCUT2D eigenvalue weighted by Crippen LogP contribution is 2.02. The molecule has 0 saturated heterocycles. The van der Waals surface area contributed by atoms with Crippen LogP contribution in [0.3, 0.4) is 0 Å². The van der Waals surface area contributed by atoms with Crippen LogP contribution in [0.15, 0.2) is 12.1 Å².